The van der Waals surface area contributed by atoms with Gasteiger partial charge < -0.3 is 5.11 Å². The van der Waals surface area contributed by atoms with Crippen LogP contribution in [0.5, 0.6) is 0 Å². The van der Waals surface area contributed by atoms with Gasteiger partial charge in [-0.15, -0.1) is 0 Å². The maximum absolute atomic E-state index is 11.7. The summed E-state index contributed by atoms with van der Waals surface area (Å²) in [7, 11) is -3.63. The minimum Gasteiger partial charge on any atom is -0.480 e. The molecule has 17 heavy (non-hydrogen) atoms. The van der Waals surface area contributed by atoms with E-state index in [0.717, 1.165) is 6.42 Å². The fraction of sp³-hybridized carbons (Fsp3) is 0.900. The molecule has 1 fully saturated rings. The highest BCUT2D eigenvalue weighted by Gasteiger charge is 2.29. The van der Waals surface area contributed by atoms with Crippen molar-refractivity contribution >= 4 is 16.0 Å². The van der Waals surface area contributed by atoms with E-state index in [9.17, 15) is 13.2 Å². The zero-order valence-electron chi connectivity index (χ0n) is 10.3. The fourth-order valence-corrected chi connectivity index (χ4v) is 3.14. The highest BCUT2D eigenvalue weighted by Crippen LogP contribution is 2.12. The van der Waals surface area contributed by atoms with Crippen LogP contribution in [0.2, 0.25) is 0 Å². The Kier molecular flexibility index (Phi) is 4.91. The molecule has 0 aromatic heterocycles. The van der Waals surface area contributed by atoms with E-state index in [0.29, 0.717) is 32.2 Å². The molecule has 0 saturated carbocycles. The number of nitrogens with zero attached hydrogens (tertiary/aromatic N) is 2. The molecule has 6 nitrogen and oxygen atoms in total. The third kappa shape index (κ3) is 3.93. The van der Waals surface area contributed by atoms with Crippen LogP contribution in [-0.2, 0) is 14.8 Å². The quantitative estimate of drug-likeness (QED) is 0.745. The van der Waals surface area contributed by atoms with E-state index in [1.165, 1.54) is 4.31 Å². The Balaban J connectivity index is 2.55. The van der Waals surface area contributed by atoms with Crippen LogP contribution < -0.4 is 0 Å². The third-order valence-electron chi connectivity index (χ3n) is 3.19. The van der Waals surface area contributed by atoms with Crippen molar-refractivity contribution in [2.45, 2.75) is 26.3 Å². The van der Waals surface area contributed by atoms with Crippen molar-refractivity contribution in [3.63, 3.8) is 0 Å². The van der Waals surface area contributed by atoms with Crippen molar-refractivity contribution in [2.24, 2.45) is 0 Å². The summed E-state index contributed by atoms with van der Waals surface area (Å²) in [6, 6.07) is 0.444. The summed E-state index contributed by atoms with van der Waals surface area (Å²) in [5.74, 6) is -2.11. The maximum Gasteiger partial charge on any atom is 0.320 e. The molecular weight excluding hydrogens is 244 g/mol. The van der Waals surface area contributed by atoms with Gasteiger partial charge in [0.25, 0.3) is 0 Å². The van der Waals surface area contributed by atoms with Crippen molar-refractivity contribution in [1.82, 2.24) is 9.21 Å². The molecule has 1 N–H and O–H groups in total. The number of carboxylic acid groups (broad SMARTS) is 1. The molecule has 0 amide bonds. The first-order valence-electron chi connectivity index (χ1n) is 5.80. The van der Waals surface area contributed by atoms with Gasteiger partial charge in [0.2, 0.25) is 10.0 Å². The van der Waals surface area contributed by atoms with Crippen LogP contribution in [0.4, 0.5) is 0 Å². The van der Waals surface area contributed by atoms with Crippen molar-refractivity contribution in [3.05, 3.63) is 0 Å². The summed E-state index contributed by atoms with van der Waals surface area (Å²) in [5, 5.41) is 8.54. The van der Waals surface area contributed by atoms with Gasteiger partial charge >= 0.3 is 5.97 Å². The van der Waals surface area contributed by atoms with Crippen molar-refractivity contribution < 1.29 is 18.3 Å². The Morgan fingerprint density at radius 1 is 1.29 bits per heavy atom. The van der Waals surface area contributed by atoms with E-state index in [-0.39, 0.29) is 0 Å². The number of hydrogen-bond donors (Lipinski definition) is 1. The predicted molar refractivity (Wildman–Crippen MR) is 64.3 cm³/mol. The molecule has 1 atom stereocenters. The highest BCUT2D eigenvalue weighted by atomic mass is 32.2. The van der Waals surface area contributed by atoms with Crippen LogP contribution in [0.25, 0.3) is 0 Å². The molecule has 0 aromatic carbocycles. The Labute approximate surface area is 102 Å². The number of piperazine rings is 1. The summed E-state index contributed by atoms with van der Waals surface area (Å²) in [6.45, 7) is 6.33. The molecule has 7 heteroatoms. The van der Waals surface area contributed by atoms with Crippen LogP contribution in [0.3, 0.4) is 0 Å². The number of aliphatic carboxylic acids is 1. The number of sulfonamides is 1. The minimum atomic E-state index is -3.63. The van der Waals surface area contributed by atoms with Gasteiger partial charge in [-0.25, -0.2) is 8.42 Å². The van der Waals surface area contributed by atoms with E-state index in [4.69, 9.17) is 5.11 Å². The standard InChI is InChI=1S/C10H20N2O4S/c1-3-9(2)11-4-6-12(7-5-11)17(15,16)8-10(13)14/h9H,3-8H2,1-2H3,(H,13,14). The normalized spacial score (nSPS) is 21.3. The van der Waals surface area contributed by atoms with Crippen LogP contribution in [-0.4, -0.2) is 66.7 Å². The first-order chi connectivity index (χ1) is 7.86. The average molecular weight is 264 g/mol. The molecule has 1 heterocycles. The Bertz CT molecular complexity index is 361. The zero-order chi connectivity index (χ0) is 13.1. The molecule has 1 rings (SSSR count). The van der Waals surface area contributed by atoms with Crippen molar-refractivity contribution in [3.8, 4) is 0 Å². The molecule has 0 bridgehead atoms. The first-order valence-corrected chi connectivity index (χ1v) is 7.41. The first kappa shape index (κ1) is 14.4. The van der Waals surface area contributed by atoms with Gasteiger partial charge in [-0.2, -0.15) is 4.31 Å². The summed E-state index contributed by atoms with van der Waals surface area (Å²) >= 11 is 0. The second kappa shape index (κ2) is 5.79. The van der Waals surface area contributed by atoms with Gasteiger partial charge in [0.1, 0.15) is 0 Å². The molecule has 0 spiro atoms. The monoisotopic (exact) mass is 264 g/mol. The second-order valence-electron chi connectivity index (χ2n) is 4.34. The topological polar surface area (TPSA) is 77.9 Å². The van der Waals surface area contributed by atoms with Gasteiger partial charge in [-0.3, -0.25) is 9.69 Å². The van der Waals surface area contributed by atoms with Crippen LogP contribution in [0.15, 0.2) is 0 Å². The lowest BCUT2D eigenvalue weighted by Gasteiger charge is -2.36. The lowest BCUT2D eigenvalue weighted by molar-refractivity contribution is -0.134. The largest absolute Gasteiger partial charge is 0.480 e. The minimum absolute atomic E-state index is 0.389. The molecule has 0 radical (unpaired) electrons. The Morgan fingerprint density at radius 3 is 2.24 bits per heavy atom. The number of hydrogen-bond acceptors (Lipinski definition) is 4. The van der Waals surface area contributed by atoms with Crippen LogP contribution in [0.1, 0.15) is 20.3 Å². The van der Waals surface area contributed by atoms with Gasteiger partial charge in [-0.05, 0) is 13.3 Å². The molecule has 0 aliphatic carbocycles. The molecule has 1 aliphatic heterocycles. The lowest BCUT2D eigenvalue weighted by Crippen LogP contribution is -2.52. The van der Waals surface area contributed by atoms with Gasteiger partial charge in [-0.1, -0.05) is 6.92 Å². The maximum atomic E-state index is 11.7. The third-order valence-corrected chi connectivity index (χ3v) is 4.95. The van der Waals surface area contributed by atoms with Crippen molar-refractivity contribution in [2.75, 3.05) is 31.9 Å². The predicted octanol–water partition coefficient (Wildman–Crippen LogP) is -0.183. The molecule has 1 aliphatic rings. The van der Waals surface area contributed by atoms with E-state index >= 15 is 0 Å². The highest BCUT2D eigenvalue weighted by molar-refractivity contribution is 7.89. The number of rotatable bonds is 5. The van der Waals surface area contributed by atoms with Crippen LogP contribution in [0, 0.1) is 0 Å². The molecule has 1 saturated heterocycles. The Hall–Kier alpha value is -0.660. The zero-order valence-corrected chi connectivity index (χ0v) is 11.1. The SMILES string of the molecule is CCC(C)N1CCN(S(=O)(=O)CC(=O)O)CC1. The second-order valence-corrected chi connectivity index (χ2v) is 6.31. The van der Waals surface area contributed by atoms with Crippen LogP contribution >= 0.6 is 0 Å². The average Bonchev–Trinajstić information content (AvgIpc) is 2.26. The van der Waals surface area contributed by atoms with Gasteiger partial charge in [0, 0.05) is 32.2 Å². The smallest absolute Gasteiger partial charge is 0.320 e. The Morgan fingerprint density at radius 2 is 1.82 bits per heavy atom. The van der Waals surface area contributed by atoms with Gasteiger partial charge in [0.05, 0.1) is 0 Å². The summed E-state index contributed by atoms with van der Waals surface area (Å²) in [4.78, 5) is 12.7. The molecular formula is C10H20N2O4S. The van der Waals surface area contributed by atoms with E-state index in [1.807, 2.05) is 0 Å². The van der Waals surface area contributed by atoms with E-state index in [1.54, 1.807) is 0 Å². The number of carbonyl (C=O) groups is 1. The molecule has 100 valence electrons. The van der Waals surface area contributed by atoms with E-state index < -0.39 is 21.7 Å². The van der Waals surface area contributed by atoms with Crippen molar-refractivity contribution in [1.29, 1.82) is 0 Å². The van der Waals surface area contributed by atoms with E-state index in [2.05, 4.69) is 18.7 Å². The fourth-order valence-electron chi connectivity index (χ4n) is 1.93. The summed E-state index contributed by atoms with van der Waals surface area (Å²) < 4.78 is 24.6. The molecule has 1 unspecified atom stereocenters. The number of carboxylic acids is 1. The summed E-state index contributed by atoms with van der Waals surface area (Å²) in [6.07, 6.45) is 1.03. The lowest BCUT2D eigenvalue weighted by atomic mass is 10.2. The summed E-state index contributed by atoms with van der Waals surface area (Å²) in [5.41, 5.74) is 0. The molecule has 0 aromatic rings. The van der Waals surface area contributed by atoms with Gasteiger partial charge in [0.15, 0.2) is 5.75 Å².